The first-order valence-corrected chi connectivity index (χ1v) is 11.9. The summed E-state index contributed by atoms with van der Waals surface area (Å²) in [4.78, 5) is 38.0. The number of fused-ring (bicyclic) bond motifs is 3. The predicted molar refractivity (Wildman–Crippen MR) is 121 cm³/mol. The summed E-state index contributed by atoms with van der Waals surface area (Å²) in [5.74, 6) is -3.12. The van der Waals surface area contributed by atoms with Gasteiger partial charge in [-0.15, -0.1) is 0 Å². The highest BCUT2D eigenvalue weighted by atomic mass is 16.7. The summed E-state index contributed by atoms with van der Waals surface area (Å²) in [5.41, 5.74) is 1.81. The van der Waals surface area contributed by atoms with Gasteiger partial charge in [0.15, 0.2) is 12.1 Å². The standard InChI is InChI=1S/C25H32O11/c1-9(2)23(31)34-14-5-10(3)16-13(27)6-12(18(16)22-17(14)11(4)24(32)36-22)8-33-25-21(30)20(29)19(28)15(7-26)35-25/h6,11,14-15,17-22,25-26,28-30H,1,5,7-8H2,2-4H3. The second-order valence-electron chi connectivity index (χ2n) is 9.96. The number of carbonyl (C=O) groups excluding carboxylic acids is 3. The molecule has 11 heteroatoms. The van der Waals surface area contributed by atoms with Crippen LogP contribution in [-0.4, -0.2) is 94.3 Å². The molecule has 4 rings (SSSR count). The minimum Gasteiger partial charge on any atom is -0.461 e. The number of ether oxygens (including phenoxy) is 4. The third kappa shape index (κ3) is 4.55. The average molecular weight is 509 g/mol. The maximum atomic E-state index is 13.0. The molecule has 0 aromatic carbocycles. The van der Waals surface area contributed by atoms with Crippen molar-refractivity contribution in [1.82, 2.24) is 0 Å². The molecule has 0 bridgehead atoms. The zero-order valence-electron chi connectivity index (χ0n) is 20.3. The Labute approximate surface area is 208 Å². The summed E-state index contributed by atoms with van der Waals surface area (Å²) < 4.78 is 22.5. The molecule has 0 saturated carbocycles. The summed E-state index contributed by atoms with van der Waals surface area (Å²) >= 11 is 0. The first-order chi connectivity index (χ1) is 17.0. The summed E-state index contributed by atoms with van der Waals surface area (Å²) in [6.45, 7) is 7.77. The highest BCUT2D eigenvalue weighted by Crippen LogP contribution is 2.49. The van der Waals surface area contributed by atoms with E-state index in [2.05, 4.69) is 6.58 Å². The van der Waals surface area contributed by atoms with Crippen LogP contribution >= 0.6 is 0 Å². The van der Waals surface area contributed by atoms with Crippen LogP contribution in [0.2, 0.25) is 0 Å². The van der Waals surface area contributed by atoms with Crippen LogP contribution in [-0.2, 0) is 33.3 Å². The maximum Gasteiger partial charge on any atom is 0.333 e. The molecule has 0 amide bonds. The molecule has 4 N–H and O–H groups in total. The third-order valence-corrected chi connectivity index (χ3v) is 7.47. The number of allylic oxidation sites excluding steroid dienone is 1. The number of carbonyl (C=O) groups is 3. The number of ketones is 1. The van der Waals surface area contributed by atoms with Gasteiger partial charge >= 0.3 is 11.9 Å². The third-order valence-electron chi connectivity index (χ3n) is 7.47. The first kappa shape index (κ1) is 26.6. The van der Waals surface area contributed by atoms with Crippen LogP contribution in [0, 0.1) is 17.8 Å². The van der Waals surface area contributed by atoms with E-state index >= 15 is 0 Å². The van der Waals surface area contributed by atoms with Crippen molar-refractivity contribution in [3.8, 4) is 0 Å². The van der Waals surface area contributed by atoms with Crippen LogP contribution in [0.1, 0.15) is 27.2 Å². The molecule has 0 aromatic heterocycles. The van der Waals surface area contributed by atoms with Crippen LogP contribution < -0.4 is 0 Å². The second-order valence-corrected chi connectivity index (χ2v) is 9.96. The lowest BCUT2D eigenvalue weighted by Crippen LogP contribution is -2.59. The summed E-state index contributed by atoms with van der Waals surface area (Å²) in [5, 5.41) is 39.7. The van der Waals surface area contributed by atoms with Crippen molar-refractivity contribution in [3.63, 3.8) is 0 Å². The van der Waals surface area contributed by atoms with Crippen molar-refractivity contribution >= 4 is 17.7 Å². The Balaban J connectivity index is 1.60. The van der Waals surface area contributed by atoms with Gasteiger partial charge in [0.05, 0.1) is 19.1 Å². The topological polar surface area (TPSA) is 169 Å². The summed E-state index contributed by atoms with van der Waals surface area (Å²) in [7, 11) is 0. The number of aliphatic hydroxyl groups is 4. The molecule has 2 aliphatic heterocycles. The van der Waals surface area contributed by atoms with Crippen molar-refractivity contribution < 1.29 is 53.8 Å². The van der Waals surface area contributed by atoms with Gasteiger partial charge in [-0.2, -0.15) is 0 Å². The second kappa shape index (κ2) is 10.2. The van der Waals surface area contributed by atoms with Crippen molar-refractivity contribution in [2.45, 2.75) is 70.1 Å². The fourth-order valence-electron chi connectivity index (χ4n) is 5.53. The smallest absolute Gasteiger partial charge is 0.333 e. The molecule has 11 nitrogen and oxygen atoms in total. The van der Waals surface area contributed by atoms with Crippen molar-refractivity contribution in [2.24, 2.45) is 17.8 Å². The van der Waals surface area contributed by atoms with Crippen molar-refractivity contribution in [2.75, 3.05) is 13.2 Å². The monoisotopic (exact) mass is 508 g/mol. The molecule has 2 fully saturated rings. The summed E-state index contributed by atoms with van der Waals surface area (Å²) in [6.07, 6.45) is -7.15. The lowest BCUT2D eigenvalue weighted by Gasteiger charge is -2.39. The Bertz CT molecular complexity index is 1010. The molecule has 36 heavy (non-hydrogen) atoms. The number of hydrogen-bond donors (Lipinski definition) is 4. The van der Waals surface area contributed by atoms with Gasteiger partial charge in [0, 0.05) is 29.4 Å². The van der Waals surface area contributed by atoms with Crippen LogP contribution in [0.15, 0.2) is 34.9 Å². The molecular weight excluding hydrogens is 476 g/mol. The molecule has 2 heterocycles. The largest absolute Gasteiger partial charge is 0.461 e. The predicted octanol–water partition coefficient (Wildman–Crippen LogP) is -0.686. The Hall–Kier alpha value is -2.41. The zero-order valence-corrected chi connectivity index (χ0v) is 20.3. The Morgan fingerprint density at radius 2 is 1.89 bits per heavy atom. The lowest BCUT2D eigenvalue weighted by molar-refractivity contribution is -0.299. The Kier molecular flexibility index (Phi) is 7.52. The number of rotatable bonds is 6. The quantitative estimate of drug-likeness (QED) is 0.265. The van der Waals surface area contributed by atoms with E-state index in [-0.39, 0.29) is 24.4 Å². The molecule has 198 valence electrons. The van der Waals surface area contributed by atoms with Crippen molar-refractivity contribution in [1.29, 1.82) is 0 Å². The molecule has 2 aliphatic carbocycles. The average Bonchev–Trinajstić information content (AvgIpc) is 3.27. The maximum absolute atomic E-state index is 13.0. The lowest BCUT2D eigenvalue weighted by atomic mass is 9.79. The molecule has 0 aromatic rings. The Morgan fingerprint density at radius 1 is 1.19 bits per heavy atom. The van der Waals surface area contributed by atoms with E-state index in [1.807, 2.05) is 0 Å². The zero-order chi connectivity index (χ0) is 26.5. The Morgan fingerprint density at radius 3 is 2.53 bits per heavy atom. The highest BCUT2D eigenvalue weighted by molar-refractivity contribution is 6.09. The molecule has 0 spiro atoms. The van der Waals surface area contributed by atoms with E-state index in [4.69, 9.17) is 18.9 Å². The minimum atomic E-state index is -1.61. The molecular formula is C25H32O11. The molecule has 4 aliphatic rings. The minimum absolute atomic E-state index is 0.212. The SMILES string of the molecule is C=C(C)C(=O)OC1CC(C)=C2C(=O)C=C(COC3OC(CO)C(O)C(O)C3O)C2C2OC(=O)C(C)C12. The van der Waals surface area contributed by atoms with E-state index in [9.17, 15) is 34.8 Å². The van der Waals surface area contributed by atoms with Gasteiger partial charge in [-0.1, -0.05) is 19.1 Å². The number of esters is 2. The fourth-order valence-corrected chi connectivity index (χ4v) is 5.53. The highest BCUT2D eigenvalue weighted by Gasteiger charge is 2.56. The van der Waals surface area contributed by atoms with E-state index in [1.54, 1.807) is 13.8 Å². The molecule has 0 radical (unpaired) electrons. The van der Waals surface area contributed by atoms with E-state index in [0.29, 0.717) is 16.7 Å². The van der Waals surface area contributed by atoms with Gasteiger partial charge in [0.2, 0.25) is 0 Å². The van der Waals surface area contributed by atoms with Crippen molar-refractivity contribution in [3.05, 3.63) is 34.9 Å². The van der Waals surface area contributed by atoms with Crippen LogP contribution in [0.4, 0.5) is 0 Å². The van der Waals surface area contributed by atoms with E-state index in [0.717, 1.165) is 0 Å². The van der Waals surface area contributed by atoms with Crippen LogP contribution in [0.5, 0.6) is 0 Å². The van der Waals surface area contributed by atoms with E-state index < -0.39 is 79.2 Å². The van der Waals surface area contributed by atoms with Gasteiger partial charge in [-0.25, -0.2) is 4.79 Å². The van der Waals surface area contributed by atoms with Gasteiger partial charge in [0.1, 0.15) is 36.6 Å². The van der Waals surface area contributed by atoms with Gasteiger partial charge in [-0.3, -0.25) is 9.59 Å². The summed E-state index contributed by atoms with van der Waals surface area (Å²) in [6, 6.07) is 0. The molecule has 10 atom stereocenters. The molecule has 10 unspecified atom stereocenters. The van der Waals surface area contributed by atoms with Gasteiger partial charge in [-0.05, 0) is 25.5 Å². The normalized spacial score (nSPS) is 40.2. The fraction of sp³-hybridized carbons (Fsp3) is 0.640. The number of aliphatic hydroxyl groups excluding tert-OH is 4. The van der Waals surface area contributed by atoms with Gasteiger partial charge < -0.3 is 39.4 Å². The molecule has 2 saturated heterocycles. The van der Waals surface area contributed by atoms with Crippen LogP contribution in [0.3, 0.4) is 0 Å². The number of hydrogen-bond acceptors (Lipinski definition) is 11. The first-order valence-electron chi connectivity index (χ1n) is 11.9. The van der Waals surface area contributed by atoms with Crippen LogP contribution in [0.25, 0.3) is 0 Å². The van der Waals surface area contributed by atoms with E-state index in [1.165, 1.54) is 13.0 Å². The van der Waals surface area contributed by atoms with Gasteiger partial charge in [0.25, 0.3) is 0 Å².